The number of fused-ring (bicyclic) bond motifs is 1. The molecule has 3 aromatic rings. The fourth-order valence-corrected chi connectivity index (χ4v) is 2.45. The summed E-state index contributed by atoms with van der Waals surface area (Å²) >= 11 is 0. The van der Waals surface area contributed by atoms with Gasteiger partial charge in [0.05, 0.1) is 6.10 Å². The highest BCUT2D eigenvalue weighted by molar-refractivity contribution is 5.95. The van der Waals surface area contributed by atoms with Crippen LogP contribution >= 0.6 is 0 Å². The molecule has 1 atom stereocenters. The first-order valence-electron chi connectivity index (χ1n) is 7.27. The number of pyridine rings is 1. The minimum Gasteiger partial charge on any atom is -0.389 e. The smallest absolute Gasteiger partial charge is 0.241 e. The number of aromatic amines is 1. The van der Waals surface area contributed by atoms with Gasteiger partial charge in [-0.1, -0.05) is 24.3 Å². The zero-order valence-electron chi connectivity index (χ0n) is 12.7. The Hall–Kier alpha value is -2.92. The van der Waals surface area contributed by atoms with Gasteiger partial charge in [0.25, 0.3) is 0 Å². The number of amides is 1. The topological polar surface area (TPSA) is 92.0 Å². The number of hydrogen-bond donors (Lipinski definition) is 3. The number of rotatable bonds is 4. The molecule has 1 amide bonds. The molecule has 116 valence electrons. The average Bonchev–Trinajstić information content (AvgIpc) is 2.95. The molecule has 4 N–H and O–H groups in total. The summed E-state index contributed by atoms with van der Waals surface area (Å²) in [6.07, 6.45) is 6.09. The summed E-state index contributed by atoms with van der Waals surface area (Å²) in [6, 6.07) is 9.72. The molecule has 2 aromatic heterocycles. The maximum absolute atomic E-state index is 10.9. The summed E-state index contributed by atoms with van der Waals surface area (Å²) in [6.45, 7) is 1.74. The second-order valence-electron chi connectivity index (χ2n) is 5.40. The van der Waals surface area contributed by atoms with Gasteiger partial charge in [0.15, 0.2) is 0 Å². The molecule has 3 rings (SSSR count). The third-order valence-corrected chi connectivity index (χ3v) is 3.72. The number of nitrogens with zero attached hydrogens (tertiary/aromatic N) is 1. The van der Waals surface area contributed by atoms with E-state index in [1.54, 1.807) is 25.4 Å². The first-order valence-corrected chi connectivity index (χ1v) is 7.27. The number of carbonyl (C=O) groups excluding carboxylic acids is 1. The number of benzene rings is 1. The summed E-state index contributed by atoms with van der Waals surface area (Å²) in [5.41, 5.74) is 9.58. The SMILES string of the molecule is CC(O)c1ccc(-c2cnc3[nH]cc(/C=C/C(N)=O)c3c2)cc1. The molecule has 0 spiro atoms. The lowest BCUT2D eigenvalue weighted by molar-refractivity contribution is -0.113. The fourth-order valence-electron chi connectivity index (χ4n) is 2.45. The zero-order chi connectivity index (χ0) is 16.4. The van der Waals surface area contributed by atoms with E-state index in [-0.39, 0.29) is 0 Å². The van der Waals surface area contributed by atoms with E-state index in [1.807, 2.05) is 30.3 Å². The van der Waals surface area contributed by atoms with Crippen LogP contribution in [0.1, 0.15) is 24.2 Å². The summed E-state index contributed by atoms with van der Waals surface area (Å²) in [5.74, 6) is -0.489. The van der Waals surface area contributed by atoms with Crippen molar-refractivity contribution in [3.63, 3.8) is 0 Å². The van der Waals surface area contributed by atoms with Gasteiger partial charge in [-0.25, -0.2) is 4.98 Å². The van der Waals surface area contributed by atoms with Gasteiger partial charge in [-0.2, -0.15) is 0 Å². The van der Waals surface area contributed by atoms with Gasteiger partial charge in [-0.15, -0.1) is 0 Å². The maximum Gasteiger partial charge on any atom is 0.241 e. The number of hydrogen-bond acceptors (Lipinski definition) is 3. The van der Waals surface area contributed by atoms with Crippen LogP contribution in [0.4, 0.5) is 0 Å². The highest BCUT2D eigenvalue weighted by atomic mass is 16.3. The van der Waals surface area contributed by atoms with Crippen LogP contribution in [0.2, 0.25) is 0 Å². The molecular weight excluding hydrogens is 290 g/mol. The van der Waals surface area contributed by atoms with E-state index in [2.05, 4.69) is 9.97 Å². The van der Waals surface area contributed by atoms with E-state index in [0.29, 0.717) is 0 Å². The Morgan fingerprint density at radius 2 is 2.04 bits per heavy atom. The third kappa shape index (κ3) is 3.14. The molecule has 2 heterocycles. The first-order chi connectivity index (χ1) is 11.0. The Morgan fingerprint density at radius 1 is 1.30 bits per heavy atom. The van der Waals surface area contributed by atoms with Crippen LogP contribution in [-0.4, -0.2) is 21.0 Å². The molecule has 0 aliphatic heterocycles. The minimum atomic E-state index is -0.489. The highest BCUT2D eigenvalue weighted by Crippen LogP contribution is 2.26. The molecule has 1 unspecified atom stereocenters. The van der Waals surface area contributed by atoms with Crippen LogP contribution in [0.15, 0.2) is 48.8 Å². The third-order valence-electron chi connectivity index (χ3n) is 3.72. The van der Waals surface area contributed by atoms with E-state index in [0.717, 1.165) is 33.3 Å². The van der Waals surface area contributed by atoms with Crippen molar-refractivity contribution >= 4 is 23.0 Å². The molecule has 0 aliphatic carbocycles. The van der Waals surface area contributed by atoms with Crippen LogP contribution in [-0.2, 0) is 4.79 Å². The Labute approximate surface area is 133 Å². The van der Waals surface area contributed by atoms with Gasteiger partial charge in [-0.05, 0) is 30.2 Å². The largest absolute Gasteiger partial charge is 0.389 e. The molecule has 5 heteroatoms. The van der Waals surface area contributed by atoms with Crippen LogP contribution in [0.25, 0.3) is 28.2 Å². The van der Waals surface area contributed by atoms with Gasteiger partial charge in [0.1, 0.15) is 5.65 Å². The minimum absolute atomic E-state index is 0.486. The molecular formula is C18H17N3O2. The number of carbonyl (C=O) groups is 1. The van der Waals surface area contributed by atoms with Crippen LogP contribution in [0, 0.1) is 0 Å². The predicted molar refractivity (Wildman–Crippen MR) is 90.4 cm³/mol. The predicted octanol–water partition coefficient (Wildman–Crippen LogP) is 2.78. The lowest BCUT2D eigenvalue weighted by Crippen LogP contribution is -2.04. The number of aliphatic hydroxyl groups excluding tert-OH is 1. The number of primary amides is 1. The van der Waals surface area contributed by atoms with Crippen LogP contribution in [0.3, 0.4) is 0 Å². The molecule has 0 saturated heterocycles. The normalized spacial score (nSPS) is 12.8. The summed E-state index contributed by atoms with van der Waals surface area (Å²) in [5, 5.41) is 10.5. The van der Waals surface area contributed by atoms with Crippen molar-refractivity contribution in [2.45, 2.75) is 13.0 Å². The lowest BCUT2D eigenvalue weighted by Gasteiger charge is -2.06. The number of H-pyrrole nitrogens is 1. The molecule has 23 heavy (non-hydrogen) atoms. The van der Waals surface area contributed by atoms with Gasteiger partial charge >= 0.3 is 0 Å². The van der Waals surface area contributed by atoms with E-state index in [9.17, 15) is 9.90 Å². The monoisotopic (exact) mass is 307 g/mol. The summed E-state index contributed by atoms with van der Waals surface area (Å²) in [4.78, 5) is 18.4. The van der Waals surface area contributed by atoms with Gasteiger partial charge in [-0.3, -0.25) is 4.79 Å². The van der Waals surface area contributed by atoms with E-state index in [4.69, 9.17) is 5.73 Å². The Bertz CT molecular complexity index is 877. The molecule has 5 nitrogen and oxygen atoms in total. The average molecular weight is 307 g/mol. The van der Waals surface area contributed by atoms with Crippen LogP contribution in [0.5, 0.6) is 0 Å². The van der Waals surface area contributed by atoms with E-state index < -0.39 is 12.0 Å². The number of aromatic nitrogens is 2. The quantitative estimate of drug-likeness (QED) is 0.647. The standard InChI is InChI=1S/C18H17N3O2/c1-11(22)12-2-4-13(5-3-12)15-8-16-14(6-7-17(19)23)9-20-18(16)21-10-15/h2-11,22H,1H3,(H2,19,23)(H,20,21)/b7-6+. The van der Waals surface area contributed by atoms with Crippen molar-refractivity contribution in [2.75, 3.05) is 0 Å². The zero-order valence-corrected chi connectivity index (χ0v) is 12.7. The molecule has 0 aliphatic rings. The van der Waals surface area contributed by atoms with E-state index >= 15 is 0 Å². The van der Waals surface area contributed by atoms with Gasteiger partial charge < -0.3 is 15.8 Å². The lowest BCUT2D eigenvalue weighted by atomic mass is 10.0. The Kier molecular flexibility index (Phi) is 3.95. The van der Waals surface area contributed by atoms with Crippen molar-refractivity contribution in [1.29, 1.82) is 0 Å². The molecule has 0 fully saturated rings. The molecule has 0 bridgehead atoms. The number of nitrogens with two attached hydrogens (primary N) is 1. The highest BCUT2D eigenvalue weighted by Gasteiger charge is 2.07. The van der Waals surface area contributed by atoms with Gasteiger partial charge in [0.2, 0.25) is 5.91 Å². The van der Waals surface area contributed by atoms with Crippen molar-refractivity contribution in [3.8, 4) is 11.1 Å². The van der Waals surface area contributed by atoms with Crippen molar-refractivity contribution in [1.82, 2.24) is 9.97 Å². The Morgan fingerprint density at radius 3 is 2.70 bits per heavy atom. The molecule has 1 aromatic carbocycles. The molecule has 0 saturated carbocycles. The van der Waals surface area contributed by atoms with Gasteiger partial charge in [0, 0.05) is 35.0 Å². The number of aliphatic hydroxyl groups is 1. The van der Waals surface area contributed by atoms with Crippen LogP contribution < -0.4 is 5.73 Å². The first kappa shape index (κ1) is 15.0. The summed E-state index contributed by atoms with van der Waals surface area (Å²) in [7, 11) is 0. The second kappa shape index (κ2) is 6.06. The van der Waals surface area contributed by atoms with E-state index in [1.165, 1.54) is 6.08 Å². The number of nitrogens with one attached hydrogen (secondary N) is 1. The van der Waals surface area contributed by atoms with Crippen molar-refractivity contribution < 1.29 is 9.90 Å². The Balaban J connectivity index is 2.01. The van der Waals surface area contributed by atoms with Crippen molar-refractivity contribution in [2.24, 2.45) is 5.73 Å². The fraction of sp³-hybridized carbons (Fsp3) is 0.111. The summed E-state index contributed by atoms with van der Waals surface area (Å²) < 4.78 is 0. The maximum atomic E-state index is 10.9. The molecule has 0 radical (unpaired) electrons. The second-order valence-corrected chi connectivity index (χ2v) is 5.40. The van der Waals surface area contributed by atoms with Crippen molar-refractivity contribution in [3.05, 3.63) is 59.9 Å².